The van der Waals surface area contributed by atoms with Crippen LogP contribution in [0.5, 0.6) is 11.5 Å². The second kappa shape index (κ2) is 14.6. The zero-order valence-electron chi connectivity index (χ0n) is 19.3. The lowest BCUT2D eigenvalue weighted by Gasteiger charge is -2.11. The van der Waals surface area contributed by atoms with Gasteiger partial charge in [-0.05, 0) is 48.5 Å². The molecule has 36 heavy (non-hydrogen) atoms. The monoisotopic (exact) mass is 510 g/mol. The third-order valence-electron chi connectivity index (χ3n) is 4.05. The molecule has 0 N–H and O–H groups in total. The fourth-order valence-corrected chi connectivity index (χ4v) is 2.22. The highest BCUT2D eigenvalue weighted by molar-refractivity contribution is 5.89. The van der Waals surface area contributed by atoms with Crippen LogP contribution in [0.2, 0.25) is 0 Å². The van der Waals surface area contributed by atoms with E-state index < -0.39 is 30.2 Å². The lowest BCUT2D eigenvalue weighted by Crippen LogP contribution is -2.20. The van der Waals surface area contributed by atoms with Crippen molar-refractivity contribution in [3.63, 3.8) is 0 Å². The summed E-state index contributed by atoms with van der Waals surface area (Å²) in [5, 5.41) is 8.16. The van der Waals surface area contributed by atoms with Crippen LogP contribution < -0.4 is 9.47 Å². The van der Waals surface area contributed by atoms with E-state index in [1.807, 2.05) is 0 Å². The first kappa shape index (κ1) is 27.7. The number of ether oxygens (including phenoxy) is 4. The standard InChI is InChI=1S/C22H22O14/c1-14(12-29-21(25)33-35-31-19(23)15-4-8-17(27-2)9-5-15)13-30-22(26)34-36-32-20(24)16-6-10-18(28-3)11-7-16/h4-11,14H,12-13H2,1-3H3. The number of methoxy groups -OCH3 is 2. The van der Waals surface area contributed by atoms with Crippen molar-refractivity contribution in [1.82, 2.24) is 0 Å². The van der Waals surface area contributed by atoms with E-state index in [1.54, 1.807) is 6.92 Å². The van der Waals surface area contributed by atoms with E-state index in [0.29, 0.717) is 11.5 Å². The van der Waals surface area contributed by atoms with Crippen LogP contribution in [-0.4, -0.2) is 51.7 Å². The van der Waals surface area contributed by atoms with Crippen molar-refractivity contribution in [3.8, 4) is 11.5 Å². The number of rotatable bonds is 12. The number of benzene rings is 2. The minimum atomic E-state index is -1.32. The molecule has 0 aromatic heterocycles. The van der Waals surface area contributed by atoms with Crippen LogP contribution >= 0.6 is 0 Å². The molecule has 0 aliphatic rings. The molecular formula is C22H22O14. The van der Waals surface area contributed by atoms with Gasteiger partial charge in [0.25, 0.3) is 0 Å². The van der Waals surface area contributed by atoms with Gasteiger partial charge in [0.05, 0.1) is 35.4 Å². The van der Waals surface area contributed by atoms with E-state index in [2.05, 4.69) is 29.6 Å². The second-order valence-corrected chi connectivity index (χ2v) is 6.73. The molecular weight excluding hydrogens is 488 g/mol. The van der Waals surface area contributed by atoms with Crippen molar-refractivity contribution >= 4 is 24.2 Å². The SMILES string of the molecule is COc1ccc(C(=O)OOOC(=O)OCC(C)COC(=O)OOOC(=O)c2ccc(OC)cc2)cc1. The van der Waals surface area contributed by atoms with Crippen LogP contribution in [0.3, 0.4) is 0 Å². The Morgan fingerprint density at radius 1 is 0.611 bits per heavy atom. The maximum Gasteiger partial charge on any atom is 0.543 e. The predicted molar refractivity (Wildman–Crippen MR) is 113 cm³/mol. The van der Waals surface area contributed by atoms with E-state index in [0.717, 1.165) is 0 Å². The van der Waals surface area contributed by atoms with Gasteiger partial charge in [-0.15, -0.1) is 0 Å². The molecule has 0 fully saturated rings. The Balaban J connectivity index is 1.54. The summed E-state index contributed by atoms with van der Waals surface area (Å²) >= 11 is 0. The number of hydrogen-bond acceptors (Lipinski definition) is 14. The van der Waals surface area contributed by atoms with Gasteiger partial charge in [-0.25, -0.2) is 29.0 Å². The Bertz CT molecular complexity index is 921. The summed E-state index contributed by atoms with van der Waals surface area (Å²) in [5.41, 5.74) is 0.231. The van der Waals surface area contributed by atoms with Gasteiger partial charge >= 0.3 is 24.2 Å². The fourth-order valence-electron chi connectivity index (χ4n) is 2.22. The summed E-state index contributed by atoms with van der Waals surface area (Å²) in [6.45, 7) is 1.01. The van der Waals surface area contributed by atoms with Crippen LogP contribution in [-0.2, 0) is 39.1 Å². The molecule has 0 radical (unpaired) electrons. The summed E-state index contributed by atoms with van der Waals surface area (Å²) in [6, 6.07) is 11.7. The lowest BCUT2D eigenvalue weighted by molar-refractivity contribution is -0.452. The lowest BCUT2D eigenvalue weighted by atomic mass is 10.2. The van der Waals surface area contributed by atoms with Gasteiger partial charge in [-0.3, -0.25) is 9.78 Å². The molecule has 0 aliphatic heterocycles. The predicted octanol–water partition coefficient (Wildman–Crippen LogP) is 3.35. The summed E-state index contributed by atoms with van der Waals surface area (Å²) < 4.78 is 19.3. The van der Waals surface area contributed by atoms with Crippen LogP contribution in [0.15, 0.2) is 48.5 Å². The van der Waals surface area contributed by atoms with Gasteiger partial charge < -0.3 is 18.9 Å². The topological polar surface area (TPSA) is 161 Å². The van der Waals surface area contributed by atoms with Gasteiger partial charge in [0.2, 0.25) is 0 Å². The zero-order chi connectivity index (χ0) is 26.3. The average Bonchev–Trinajstić information content (AvgIpc) is 2.90. The number of carbonyl (C=O) groups excluding carboxylic acids is 4. The molecule has 0 saturated carbocycles. The maximum absolute atomic E-state index is 11.7. The van der Waals surface area contributed by atoms with Crippen molar-refractivity contribution in [1.29, 1.82) is 0 Å². The van der Waals surface area contributed by atoms with Crippen LogP contribution in [0.1, 0.15) is 27.6 Å². The van der Waals surface area contributed by atoms with E-state index in [4.69, 9.17) is 18.9 Å². The minimum Gasteiger partial charge on any atom is -0.497 e. The molecule has 2 rings (SSSR count). The van der Waals surface area contributed by atoms with Crippen molar-refractivity contribution in [2.24, 2.45) is 5.92 Å². The molecule has 0 bridgehead atoms. The summed E-state index contributed by atoms with van der Waals surface area (Å²) in [6.07, 6.45) is -2.64. The Morgan fingerprint density at radius 3 is 1.31 bits per heavy atom. The van der Waals surface area contributed by atoms with Crippen molar-refractivity contribution in [2.45, 2.75) is 6.92 Å². The molecule has 0 aliphatic carbocycles. The molecule has 0 unspecified atom stereocenters. The van der Waals surface area contributed by atoms with Gasteiger partial charge in [-0.1, -0.05) is 6.92 Å². The molecule has 0 amide bonds. The number of hydrogen-bond donors (Lipinski definition) is 0. The Labute approximate surface area is 204 Å². The molecule has 0 atom stereocenters. The maximum atomic E-state index is 11.7. The third-order valence-corrected chi connectivity index (χ3v) is 4.05. The quantitative estimate of drug-likeness (QED) is 0.232. The average molecular weight is 510 g/mol. The molecule has 14 heteroatoms. The largest absolute Gasteiger partial charge is 0.543 e. The summed E-state index contributed by atoms with van der Waals surface area (Å²) in [4.78, 5) is 63.3. The van der Waals surface area contributed by atoms with Gasteiger partial charge in [-0.2, -0.15) is 0 Å². The van der Waals surface area contributed by atoms with E-state index in [1.165, 1.54) is 62.8 Å². The van der Waals surface area contributed by atoms with Gasteiger partial charge in [0, 0.05) is 5.92 Å². The Morgan fingerprint density at radius 2 is 0.972 bits per heavy atom. The summed E-state index contributed by atoms with van der Waals surface area (Å²) in [5.74, 6) is -1.32. The van der Waals surface area contributed by atoms with E-state index in [9.17, 15) is 19.2 Å². The second-order valence-electron chi connectivity index (χ2n) is 6.73. The molecule has 2 aromatic carbocycles. The van der Waals surface area contributed by atoms with Crippen molar-refractivity contribution in [2.75, 3.05) is 27.4 Å². The summed E-state index contributed by atoms with van der Waals surface area (Å²) in [7, 11) is 2.93. The molecule has 0 spiro atoms. The van der Waals surface area contributed by atoms with E-state index >= 15 is 0 Å². The normalized spacial score (nSPS) is 10.1. The Hall–Kier alpha value is -4.56. The minimum absolute atomic E-state index is 0.116. The smallest absolute Gasteiger partial charge is 0.497 e. The van der Waals surface area contributed by atoms with Crippen LogP contribution in [0.25, 0.3) is 0 Å². The highest BCUT2D eigenvalue weighted by Crippen LogP contribution is 2.13. The highest BCUT2D eigenvalue weighted by atomic mass is 17.5. The Kier molecular flexibility index (Phi) is 11.3. The van der Waals surface area contributed by atoms with Gasteiger partial charge in [0.1, 0.15) is 24.7 Å². The van der Waals surface area contributed by atoms with Gasteiger partial charge in [0.15, 0.2) is 0 Å². The molecule has 0 heterocycles. The first-order valence-corrected chi connectivity index (χ1v) is 10.0. The fraction of sp³-hybridized carbons (Fsp3) is 0.273. The zero-order valence-corrected chi connectivity index (χ0v) is 19.3. The first-order valence-electron chi connectivity index (χ1n) is 10.0. The van der Waals surface area contributed by atoms with Crippen LogP contribution in [0.4, 0.5) is 9.59 Å². The third kappa shape index (κ3) is 9.74. The van der Waals surface area contributed by atoms with Crippen molar-refractivity contribution in [3.05, 3.63) is 59.7 Å². The molecule has 2 aromatic rings. The van der Waals surface area contributed by atoms with Crippen molar-refractivity contribution < 1.29 is 67.8 Å². The number of carbonyl (C=O) groups is 4. The molecule has 14 nitrogen and oxygen atoms in total. The highest BCUT2D eigenvalue weighted by Gasteiger charge is 2.16. The molecule has 0 saturated heterocycles. The van der Waals surface area contributed by atoms with Crippen LogP contribution in [0, 0.1) is 5.92 Å². The first-order chi connectivity index (χ1) is 17.3. The van der Waals surface area contributed by atoms with E-state index in [-0.39, 0.29) is 24.3 Å². The molecule has 194 valence electrons.